The summed E-state index contributed by atoms with van der Waals surface area (Å²) in [6.45, 7) is 1.03. The Labute approximate surface area is 181 Å². The minimum Gasteiger partial charge on any atom is -0.501 e. The number of ketones is 2. The van der Waals surface area contributed by atoms with Crippen LogP contribution < -0.4 is 10.6 Å². The number of rotatable bonds is 6. The van der Waals surface area contributed by atoms with Crippen molar-refractivity contribution >= 4 is 45.9 Å². The van der Waals surface area contributed by atoms with Crippen LogP contribution >= 0.6 is 24.4 Å². The van der Waals surface area contributed by atoms with E-state index in [0.717, 1.165) is 19.3 Å². The van der Waals surface area contributed by atoms with E-state index in [-0.39, 0.29) is 16.6 Å². The van der Waals surface area contributed by atoms with Gasteiger partial charge in [-0.2, -0.15) is 0 Å². The lowest BCUT2D eigenvalue weighted by Gasteiger charge is -2.27. The molecule has 3 N–H and O–H groups in total. The number of Topliss-reactive ketones (excluding diaryl/α,β-unsaturated/α-hetero) is 2. The molecule has 0 spiro atoms. The second kappa shape index (κ2) is 8.68. The van der Waals surface area contributed by atoms with Gasteiger partial charge in [-0.25, -0.2) is 0 Å². The molecule has 0 saturated carbocycles. The molecule has 154 valence electrons. The topological polar surface area (TPSA) is 78.4 Å². The van der Waals surface area contributed by atoms with Crippen molar-refractivity contribution in [3.63, 3.8) is 0 Å². The highest BCUT2D eigenvalue weighted by molar-refractivity contribution is 7.80. The molecule has 0 amide bonds. The minimum absolute atomic E-state index is 0.0661. The van der Waals surface area contributed by atoms with Gasteiger partial charge in [-0.15, -0.1) is 0 Å². The van der Waals surface area contributed by atoms with Crippen LogP contribution in [0.1, 0.15) is 30.4 Å². The van der Waals surface area contributed by atoms with Gasteiger partial charge >= 0.3 is 0 Å². The fourth-order valence-corrected chi connectivity index (χ4v) is 5.71. The van der Waals surface area contributed by atoms with Crippen molar-refractivity contribution in [2.45, 2.75) is 44.2 Å². The number of carbonyl (C=O) groups excluding carboxylic acids is 2. The second-order valence-corrected chi connectivity index (χ2v) is 9.36. The Bertz CT molecular complexity index is 856. The zero-order chi connectivity index (χ0) is 20.5. The van der Waals surface area contributed by atoms with Crippen molar-refractivity contribution in [3.8, 4) is 0 Å². The van der Waals surface area contributed by atoms with Crippen molar-refractivity contribution < 1.29 is 14.7 Å². The molecule has 2 aliphatic heterocycles. The predicted molar refractivity (Wildman–Crippen MR) is 120 cm³/mol. The largest absolute Gasteiger partial charge is 0.501 e. The highest BCUT2D eigenvalue weighted by atomic mass is 32.1. The monoisotopic (exact) mass is 430 g/mol. The van der Waals surface area contributed by atoms with E-state index in [4.69, 9.17) is 24.4 Å². The van der Waals surface area contributed by atoms with Crippen molar-refractivity contribution in [3.05, 3.63) is 35.4 Å². The number of carbonyl (C=O) groups is 2. The van der Waals surface area contributed by atoms with Crippen LogP contribution in [0, 0.1) is 17.8 Å². The van der Waals surface area contributed by atoms with Crippen LogP contribution in [0.2, 0.25) is 0 Å². The van der Waals surface area contributed by atoms with Gasteiger partial charge in [-0.1, -0.05) is 36.5 Å². The first-order valence-electron chi connectivity index (χ1n) is 10.3. The molecule has 5 nitrogen and oxygen atoms in total. The third kappa shape index (κ3) is 4.19. The molecule has 2 unspecified atom stereocenters. The minimum atomic E-state index is -0.604. The first-order valence-corrected chi connectivity index (χ1v) is 11.1. The molecular formula is C22H26N2O3S2. The molecule has 3 aliphatic rings. The number of benzene rings is 1. The molecule has 2 fully saturated rings. The van der Waals surface area contributed by atoms with E-state index in [1.807, 2.05) is 6.07 Å². The molecule has 0 radical (unpaired) electrons. The van der Waals surface area contributed by atoms with Crippen molar-refractivity contribution in [2.75, 3.05) is 13.1 Å². The Morgan fingerprint density at radius 3 is 2.62 bits per heavy atom. The zero-order valence-corrected chi connectivity index (χ0v) is 17.9. The van der Waals surface area contributed by atoms with Gasteiger partial charge in [0.2, 0.25) is 0 Å². The van der Waals surface area contributed by atoms with E-state index in [9.17, 15) is 14.7 Å². The highest BCUT2D eigenvalue weighted by Gasteiger charge is 2.46. The van der Waals surface area contributed by atoms with E-state index in [0.29, 0.717) is 36.7 Å². The number of aliphatic hydroxyl groups excluding tert-OH is 1. The summed E-state index contributed by atoms with van der Waals surface area (Å²) < 4.78 is 0. The van der Waals surface area contributed by atoms with Gasteiger partial charge in [-0.05, 0) is 61.5 Å². The maximum Gasteiger partial charge on any atom is 0.174 e. The normalized spacial score (nSPS) is 31.4. The van der Waals surface area contributed by atoms with Gasteiger partial charge < -0.3 is 15.7 Å². The van der Waals surface area contributed by atoms with Gasteiger partial charge in [0.15, 0.2) is 10.8 Å². The Morgan fingerprint density at radius 1 is 1.10 bits per heavy atom. The van der Waals surface area contributed by atoms with E-state index in [2.05, 4.69) is 28.8 Å². The molecule has 2 heterocycles. The van der Waals surface area contributed by atoms with Crippen LogP contribution in [0.4, 0.5) is 0 Å². The maximum atomic E-state index is 13.2. The third-order valence-electron chi connectivity index (χ3n) is 6.62. The molecule has 5 atom stereocenters. The van der Waals surface area contributed by atoms with Crippen LogP contribution in [0.3, 0.4) is 0 Å². The van der Waals surface area contributed by atoms with Crippen LogP contribution in [-0.2, 0) is 22.4 Å². The van der Waals surface area contributed by atoms with Crippen molar-refractivity contribution in [2.24, 2.45) is 17.8 Å². The lowest BCUT2D eigenvalue weighted by molar-refractivity contribution is -0.130. The van der Waals surface area contributed by atoms with Gasteiger partial charge in [-0.3, -0.25) is 9.59 Å². The van der Waals surface area contributed by atoms with Gasteiger partial charge in [0, 0.05) is 23.7 Å². The highest BCUT2D eigenvalue weighted by Crippen LogP contribution is 2.31. The lowest BCUT2D eigenvalue weighted by Crippen LogP contribution is -2.48. The quantitative estimate of drug-likeness (QED) is 0.597. The summed E-state index contributed by atoms with van der Waals surface area (Å²) in [5, 5.41) is 15.8. The summed E-state index contributed by atoms with van der Waals surface area (Å²) in [5.41, 5.74) is 2.70. The standard InChI is InChI=1S/C22H26N2O3S2/c25-16(10-12-5-6-13-3-1-2-4-14(13)9-12)18-17(28)11-24-20(18)21(26)15-7-8-23-19(15)22(27)29/h1-4,12,15,18-20,23-24H,5-11H2,(H,27,29)/t12-,15?,18?,19+,20+/m1/s1. The van der Waals surface area contributed by atoms with Crippen molar-refractivity contribution in [1.29, 1.82) is 0 Å². The smallest absolute Gasteiger partial charge is 0.174 e. The first-order chi connectivity index (χ1) is 14.0. The average Bonchev–Trinajstić information content (AvgIpc) is 3.34. The summed E-state index contributed by atoms with van der Waals surface area (Å²) in [6.07, 6.45) is 3.94. The molecule has 1 aliphatic carbocycles. The molecule has 0 bridgehead atoms. The second-order valence-electron chi connectivity index (χ2n) is 8.42. The fraction of sp³-hybridized carbons (Fsp3) is 0.545. The molecule has 7 heteroatoms. The molecule has 29 heavy (non-hydrogen) atoms. The Kier molecular flexibility index (Phi) is 6.20. The maximum absolute atomic E-state index is 13.2. The van der Waals surface area contributed by atoms with Gasteiger partial charge in [0.25, 0.3) is 0 Å². The van der Waals surface area contributed by atoms with Gasteiger partial charge in [0.05, 0.1) is 18.0 Å². The summed E-state index contributed by atoms with van der Waals surface area (Å²) in [4.78, 5) is 27.0. The number of hydrogen-bond acceptors (Lipinski definition) is 6. The fourth-order valence-electron chi connectivity index (χ4n) is 5.11. The summed E-state index contributed by atoms with van der Waals surface area (Å²) in [6, 6.07) is 7.30. The van der Waals surface area contributed by atoms with Crippen molar-refractivity contribution in [1.82, 2.24) is 10.6 Å². The molecular weight excluding hydrogens is 404 g/mol. The average molecular weight is 431 g/mol. The number of fused-ring (bicyclic) bond motifs is 1. The number of aryl methyl sites for hydroxylation is 1. The number of hydrogen-bond donors (Lipinski definition) is 3. The Balaban J connectivity index is 1.45. The number of aliphatic hydroxyl groups is 1. The third-order valence-corrected chi connectivity index (χ3v) is 7.27. The van der Waals surface area contributed by atoms with Crippen LogP contribution in [0.25, 0.3) is 0 Å². The predicted octanol–water partition coefficient (Wildman–Crippen LogP) is 2.14. The first kappa shape index (κ1) is 20.7. The molecule has 4 rings (SSSR count). The van der Waals surface area contributed by atoms with E-state index >= 15 is 0 Å². The summed E-state index contributed by atoms with van der Waals surface area (Å²) in [7, 11) is 0. The van der Waals surface area contributed by atoms with E-state index in [1.165, 1.54) is 11.1 Å². The lowest BCUT2D eigenvalue weighted by atomic mass is 9.77. The van der Waals surface area contributed by atoms with Crippen LogP contribution in [-0.4, -0.2) is 51.8 Å². The van der Waals surface area contributed by atoms with E-state index in [1.54, 1.807) is 0 Å². The van der Waals surface area contributed by atoms with E-state index < -0.39 is 23.9 Å². The summed E-state index contributed by atoms with van der Waals surface area (Å²) in [5.74, 6) is -0.672. The van der Waals surface area contributed by atoms with Crippen LogP contribution in [0.15, 0.2) is 24.3 Å². The molecule has 2 saturated heterocycles. The Morgan fingerprint density at radius 2 is 1.86 bits per heavy atom. The summed E-state index contributed by atoms with van der Waals surface area (Å²) >= 11 is 10.4. The van der Waals surface area contributed by atoms with Gasteiger partial charge in [0.1, 0.15) is 5.78 Å². The molecule has 1 aromatic rings. The zero-order valence-electron chi connectivity index (χ0n) is 16.2. The number of thiocarbonyl (C=S) groups is 2. The molecule has 0 aromatic heterocycles. The SMILES string of the molecule is O=C(C[C@@H]1CCc2ccccc2C1)C1C(=S)CN[C@@H]1C(=O)C1CCN[C@@H]1C(O)=S. The Hall–Kier alpha value is -1.54. The molecule has 1 aromatic carbocycles. The van der Waals surface area contributed by atoms with Crippen LogP contribution in [0.5, 0.6) is 0 Å². The number of nitrogens with one attached hydrogen (secondary N) is 2.